The predicted molar refractivity (Wildman–Crippen MR) is 94.0 cm³/mol. The van der Waals surface area contributed by atoms with Crippen LogP contribution in [0.2, 0.25) is 10.0 Å². The van der Waals surface area contributed by atoms with E-state index >= 15 is 0 Å². The first-order valence-corrected chi connectivity index (χ1v) is 8.22. The van der Waals surface area contributed by atoms with Gasteiger partial charge in [0.25, 0.3) is 5.69 Å². The summed E-state index contributed by atoms with van der Waals surface area (Å²) >= 11 is 12.3. The molecule has 0 atom stereocenters. The highest BCUT2D eigenvalue weighted by molar-refractivity contribution is 6.39. The second-order valence-electron chi connectivity index (χ2n) is 5.50. The summed E-state index contributed by atoms with van der Waals surface area (Å²) in [4.78, 5) is 20.9. The molecule has 9 heteroatoms. The fourth-order valence-electron chi connectivity index (χ4n) is 2.69. The third-order valence-electron chi connectivity index (χ3n) is 3.92. The topological polar surface area (TPSA) is 84.2 Å². The molecule has 1 aliphatic heterocycles. The fourth-order valence-corrected chi connectivity index (χ4v) is 3.27. The van der Waals surface area contributed by atoms with Gasteiger partial charge in [0.1, 0.15) is 0 Å². The van der Waals surface area contributed by atoms with Gasteiger partial charge in [-0.2, -0.15) is 0 Å². The maximum atomic E-state index is 10.8. The summed E-state index contributed by atoms with van der Waals surface area (Å²) in [5.74, 6) is 0.724. The van der Waals surface area contributed by atoms with Crippen LogP contribution in [0.3, 0.4) is 0 Å². The number of non-ortho nitro benzene ring substituents is 1. The molecule has 24 heavy (non-hydrogen) atoms. The van der Waals surface area contributed by atoms with Crippen LogP contribution in [0.25, 0.3) is 0 Å². The van der Waals surface area contributed by atoms with Crippen molar-refractivity contribution in [3.8, 4) is 0 Å². The summed E-state index contributed by atoms with van der Waals surface area (Å²) in [6.45, 7) is 1.62. The first kappa shape index (κ1) is 16.7. The van der Waals surface area contributed by atoms with E-state index in [1.807, 2.05) is 0 Å². The molecule has 1 fully saturated rings. The molecule has 1 N–H and O–H groups in total. The van der Waals surface area contributed by atoms with Gasteiger partial charge < -0.3 is 10.2 Å². The maximum absolute atomic E-state index is 10.8. The molecule has 0 unspecified atom stereocenters. The van der Waals surface area contributed by atoms with Gasteiger partial charge in [-0.3, -0.25) is 10.1 Å². The largest absolute Gasteiger partial charge is 0.380 e. The average molecular weight is 368 g/mol. The third-order valence-corrected chi connectivity index (χ3v) is 4.51. The Kier molecular flexibility index (Phi) is 5.01. The van der Waals surface area contributed by atoms with Crippen molar-refractivity contribution in [2.45, 2.75) is 18.9 Å². The number of nitro benzene ring substituents is 1. The molecule has 1 aromatic carbocycles. The molecule has 1 aromatic heterocycles. The molecule has 1 saturated heterocycles. The maximum Gasteiger partial charge on any atom is 0.272 e. The second-order valence-corrected chi connectivity index (χ2v) is 6.31. The van der Waals surface area contributed by atoms with Crippen molar-refractivity contribution in [2.75, 3.05) is 23.3 Å². The molecule has 3 rings (SSSR count). The smallest absolute Gasteiger partial charge is 0.272 e. The van der Waals surface area contributed by atoms with Crippen molar-refractivity contribution < 1.29 is 4.92 Å². The molecule has 0 bridgehead atoms. The normalized spacial score (nSPS) is 15.3. The zero-order chi connectivity index (χ0) is 17.1. The van der Waals surface area contributed by atoms with Crippen LogP contribution in [-0.2, 0) is 0 Å². The number of nitro groups is 1. The van der Waals surface area contributed by atoms with Crippen molar-refractivity contribution >= 4 is 40.5 Å². The quantitative estimate of drug-likeness (QED) is 0.653. The highest BCUT2D eigenvalue weighted by atomic mass is 35.5. The van der Waals surface area contributed by atoms with E-state index in [0.29, 0.717) is 5.69 Å². The van der Waals surface area contributed by atoms with Gasteiger partial charge in [0.2, 0.25) is 5.95 Å². The first-order chi connectivity index (χ1) is 11.5. The lowest BCUT2D eigenvalue weighted by Gasteiger charge is -2.33. The molecular formula is C15H15Cl2N5O2. The van der Waals surface area contributed by atoms with Crippen molar-refractivity contribution in [1.29, 1.82) is 0 Å². The van der Waals surface area contributed by atoms with E-state index in [4.69, 9.17) is 23.2 Å². The molecule has 1 aliphatic rings. The van der Waals surface area contributed by atoms with Crippen LogP contribution < -0.4 is 10.2 Å². The summed E-state index contributed by atoms with van der Waals surface area (Å²) in [5, 5.41) is 14.6. The van der Waals surface area contributed by atoms with Gasteiger partial charge in [-0.15, -0.1) is 0 Å². The standard InChI is InChI=1S/C15H15Cl2N5O2/c16-12-8-11(22(23)24)9-13(17)14(12)20-10-2-6-21(7-3-10)15-18-4-1-5-19-15/h1,4-5,8-10,20H,2-3,6-7H2. The van der Waals surface area contributed by atoms with Gasteiger partial charge in [-0.25, -0.2) is 9.97 Å². The van der Waals surface area contributed by atoms with E-state index in [9.17, 15) is 10.1 Å². The number of rotatable bonds is 4. The number of hydrogen-bond donors (Lipinski definition) is 1. The van der Waals surface area contributed by atoms with Crippen molar-refractivity contribution in [2.24, 2.45) is 0 Å². The molecule has 7 nitrogen and oxygen atoms in total. The Morgan fingerprint density at radius 1 is 1.17 bits per heavy atom. The Hall–Kier alpha value is -2.12. The minimum absolute atomic E-state index is 0.119. The number of aromatic nitrogens is 2. The summed E-state index contributed by atoms with van der Waals surface area (Å²) in [5.41, 5.74) is 0.421. The highest BCUT2D eigenvalue weighted by Gasteiger charge is 2.23. The van der Waals surface area contributed by atoms with E-state index in [0.717, 1.165) is 31.9 Å². The Morgan fingerprint density at radius 2 is 1.75 bits per heavy atom. The van der Waals surface area contributed by atoms with Crippen LogP contribution in [0, 0.1) is 10.1 Å². The van der Waals surface area contributed by atoms with E-state index in [1.54, 1.807) is 18.5 Å². The Balaban J connectivity index is 1.65. The third kappa shape index (κ3) is 3.68. The Bertz CT molecular complexity index is 713. The van der Waals surface area contributed by atoms with Gasteiger partial charge in [0.05, 0.1) is 20.7 Å². The molecule has 0 saturated carbocycles. The monoisotopic (exact) mass is 367 g/mol. The van der Waals surface area contributed by atoms with Gasteiger partial charge in [-0.05, 0) is 18.9 Å². The summed E-state index contributed by atoms with van der Waals surface area (Å²) in [7, 11) is 0. The molecule has 2 aromatic rings. The summed E-state index contributed by atoms with van der Waals surface area (Å²) in [6.07, 6.45) is 5.18. The number of piperidine rings is 1. The SMILES string of the molecule is O=[N+]([O-])c1cc(Cl)c(NC2CCN(c3ncccn3)CC2)c(Cl)c1. The lowest BCUT2D eigenvalue weighted by atomic mass is 10.0. The number of hydrogen-bond acceptors (Lipinski definition) is 6. The zero-order valence-electron chi connectivity index (χ0n) is 12.7. The van der Waals surface area contributed by atoms with Gasteiger partial charge in [-0.1, -0.05) is 23.2 Å². The summed E-state index contributed by atoms with van der Waals surface area (Å²) < 4.78 is 0. The lowest BCUT2D eigenvalue weighted by Crippen LogP contribution is -2.40. The molecule has 0 aliphatic carbocycles. The van der Waals surface area contributed by atoms with Gasteiger partial charge >= 0.3 is 0 Å². The van der Waals surface area contributed by atoms with Crippen molar-refractivity contribution in [3.63, 3.8) is 0 Å². The second kappa shape index (κ2) is 7.19. The zero-order valence-corrected chi connectivity index (χ0v) is 14.2. The molecule has 2 heterocycles. The number of nitrogens with one attached hydrogen (secondary N) is 1. The average Bonchev–Trinajstić information content (AvgIpc) is 2.59. The van der Waals surface area contributed by atoms with Gasteiger partial charge in [0, 0.05) is 43.7 Å². The van der Waals surface area contributed by atoms with Crippen LogP contribution in [0.4, 0.5) is 17.3 Å². The molecule has 0 radical (unpaired) electrons. The predicted octanol–water partition coefficient (Wildman–Crippen LogP) is 3.77. The van der Waals surface area contributed by atoms with Gasteiger partial charge in [0.15, 0.2) is 0 Å². The van der Waals surface area contributed by atoms with Crippen LogP contribution in [0.1, 0.15) is 12.8 Å². The van der Waals surface area contributed by atoms with E-state index in [2.05, 4.69) is 20.2 Å². The van der Waals surface area contributed by atoms with Crippen LogP contribution in [-0.4, -0.2) is 34.0 Å². The van der Waals surface area contributed by atoms with Crippen LogP contribution in [0.15, 0.2) is 30.6 Å². The first-order valence-electron chi connectivity index (χ1n) is 7.46. The lowest BCUT2D eigenvalue weighted by molar-refractivity contribution is -0.384. The Morgan fingerprint density at radius 3 is 2.29 bits per heavy atom. The minimum Gasteiger partial charge on any atom is -0.380 e. The fraction of sp³-hybridized carbons (Fsp3) is 0.333. The molecule has 126 valence electrons. The Labute approximate surface area is 148 Å². The highest BCUT2D eigenvalue weighted by Crippen LogP contribution is 2.36. The summed E-state index contributed by atoms with van der Waals surface area (Å²) in [6, 6.07) is 4.59. The molecule has 0 amide bonds. The van der Waals surface area contributed by atoms with Crippen molar-refractivity contribution in [1.82, 2.24) is 9.97 Å². The number of nitrogens with zero attached hydrogens (tertiary/aromatic N) is 4. The van der Waals surface area contributed by atoms with Crippen LogP contribution >= 0.6 is 23.2 Å². The number of benzene rings is 1. The van der Waals surface area contributed by atoms with E-state index in [-0.39, 0.29) is 21.8 Å². The minimum atomic E-state index is -0.514. The number of halogens is 2. The molecular weight excluding hydrogens is 353 g/mol. The molecule has 0 spiro atoms. The number of anilines is 2. The van der Waals surface area contributed by atoms with Crippen LogP contribution in [0.5, 0.6) is 0 Å². The van der Waals surface area contributed by atoms with E-state index < -0.39 is 4.92 Å². The van der Waals surface area contributed by atoms with Crippen molar-refractivity contribution in [3.05, 3.63) is 50.8 Å². The van der Waals surface area contributed by atoms with E-state index in [1.165, 1.54) is 12.1 Å².